The van der Waals surface area contributed by atoms with E-state index in [9.17, 15) is 14.7 Å². The Morgan fingerprint density at radius 2 is 2.24 bits per heavy atom. The number of carboxylic acid groups (broad SMARTS) is 1. The first-order valence-corrected chi connectivity index (χ1v) is 7.85. The molecule has 5 nitrogen and oxygen atoms in total. The van der Waals surface area contributed by atoms with E-state index in [4.69, 9.17) is 11.6 Å². The molecular formula is C14H16BrClN2O3. The number of rotatable bonds is 3. The monoisotopic (exact) mass is 374 g/mol. The summed E-state index contributed by atoms with van der Waals surface area (Å²) in [6, 6.07) is 4.68. The number of anilines is 1. The number of hydrogen-bond acceptors (Lipinski definition) is 2. The average Bonchev–Trinajstić information content (AvgIpc) is 2.87. The fraction of sp³-hybridized carbons (Fsp3) is 0.429. The quantitative estimate of drug-likeness (QED) is 0.840. The van der Waals surface area contributed by atoms with Crippen molar-refractivity contribution in [3.05, 3.63) is 27.7 Å². The largest absolute Gasteiger partial charge is 0.479 e. The van der Waals surface area contributed by atoms with Gasteiger partial charge in [0, 0.05) is 11.0 Å². The highest BCUT2D eigenvalue weighted by Gasteiger charge is 2.48. The van der Waals surface area contributed by atoms with Crippen molar-refractivity contribution in [3.8, 4) is 0 Å². The standard InChI is InChI=1S/C14H16BrClN2O3/c1-2-14(12(19)20)6-3-7-18(14)13(21)17-11-5-4-9(15)8-10(11)16/h4-5,8H,2-3,6-7H2,1H3,(H,17,21)(H,19,20). The summed E-state index contributed by atoms with van der Waals surface area (Å²) in [5.41, 5.74) is -0.654. The zero-order chi connectivity index (χ0) is 15.6. The Morgan fingerprint density at radius 1 is 1.52 bits per heavy atom. The van der Waals surface area contributed by atoms with Crippen LogP contribution in [0.25, 0.3) is 0 Å². The summed E-state index contributed by atoms with van der Waals surface area (Å²) in [6.45, 7) is 2.21. The van der Waals surface area contributed by atoms with Gasteiger partial charge in [-0.1, -0.05) is 34.5 Å². The van der Waals surface area contributed by atoms with E-state index < -0.39 is 17.5 Å². The van der Waals surface area contributed by atoms with Crippen molar-refractivity contribution in [2.45, 2.75) is 31.7 Å². The molecule has 2 rings (SSSR count). The van der Waals surface area contributed by atoms with Crippen LogP contribution in [0.4, 0.5) is 10.5 Å². The normalized spacial score (nSPS) is 21.4. The number of hydrogen-bond donors (Lipinski definition) is 2. The number of halogens is 2. The molecule has 0 saturated carbocycles. The third-order valence-electron chi connectivity index (χ3n) is 3.89. The highest BCUT2D eigenvalue weighted by Crippen LogP contribution is 2.34. The Bertz CT molecular complexity index is 581. The molecule has 0 spiro atoms. The Hall–Kier alpha value is -1.27. The van der Waals surface area contributed by atoms with E-state index in [0.29, 0.717) is 36.5 Å². The molecule has 1 aromatic rings. The van der Waals surface area contributed by atoms with Gasteiger partial charge in [0.2, 0.25) is 0 Å². The second-order valence-electron chi connectivity index (χ2n) is 5.00. The van der Waals surface area contributed by atoms with Gasteiger partial charge in [-0.2, -0.15) is 0 Å². The van der Waals surface area contributed by atoms with E-state index in [1.54, 1.807) is 25.1 Å². The van der Waals surface area contributed by atoms with Crippen molar-refractivity contribution in [1.29, 1.82) is 0 Å². The highest BCUT2D eigenvalue weighted by atomic mass is 79.9. The van der Waals surface area contributed by atoms with Gasteiger partial charge in [0.25, 0.3) is 0 Å². The molecule has 1 aromatic carbocycles. The summed E-state index contributed by atoms with van der Waals surface area (Å²) in [4.78, 5) is 25.4. The summed E-state index contributed by atoms with van der Waals surface area (Å²) in [7, 11) is 0. The number of carboxylic acids is 1. The van der Waals surface area contributed by atoms with Crippen LogP contribution >= 0.6 is 27.5 Å². The third kappa shape index (κ3) is 3.01. The minimum Gasteiger partial charge on any atom is -0.479 e. The molecule has 114 valence electrons. The topological polar surface area (TPSA) is 69.6 Å². The molecule has 7 heteroatoms. The number of carbonyl (C=O) groups excluding carboxylic acids is 1. The maximum atomic E-state index is 12.4. The second kappa shape index (κ2) is 6.23. The highest BCUT2D eigenvalue weighted by molar-refractivity contribution is 9.10. The smallest absolute Gasteiger partial charge is 0.329 e. The van der Waals surface area contributed by atoms with Gasteiger partial charge < -0.3 is 15.3 Å². The molecule has 1 heterocycles. The van der Waals surface area contributed by atoms with E-state index in [0.717, 1.165) is 4.47 Å². The molecule has 1 aliphatic rings. The van der Waals surface area contributed by atoms with Crippen LogP contribution in [0.1, 0.15) is 26.2 Å². The fourth-order valence-corrected chi connectivity index (χ4v) is 3.41. The lowest BCUT2D eigenvalue weighted by Gasteiger charge is -2.33. The minimum absolute atomic E-state index is 0.379. The van der Waals surface area contributed by atoms with Crippen molar-refractivity contribution >= 4 is 45.2 Å². The van der Waals surface area contributed by atoms with Crippen LogP contribution in [-0.4, -0.2) is 34.1 Å². The Labute approximate surface area is 136 Å². The molecule has 1 atom stereocenters. The predicted octanol–water partition coefficient (Wildman–Crippen LogP) is 3.96. The molecule has 1 fully saturated rings. The zero-order valence-corrected chi connectivity index (χ0v) is 13.9. The lowest BCUT2D eigenvalue weighted by Crippen LogP contribution is -2.54. The van der Waals surface area contributed by atoms with Gasteiger partial charge in [0.15, 0.2) is 0 Å². The molecule has 0 bridgehead atoms. The lowest BCUT2D eigenvalue weighted by atomic mass is 9.93. The van der Waals surface area contributed by atoms with Crippen LogP contribution in [0.5, 0.6) is 0 Å². The zero-order valence-electron chi connectivity index (χ0n) is 11.5. The molecule has 1 saturated heterocycles. The van der Waals surface area contributed by atoms with Crippen LogP contribution in [-0.2, 0) is 4.79 Å². The molecule has 1 aliphatic heterocycles. The molecule has 0 aromatic heterocycles. The fourth-order valence-electron chi connectivity index (χ4n) is 2.69. The third-order valence-corrected chi connectivity index (χ3v) is 4.70. The van der Waals surface area contributed by atoms with Crippen molar-refractivity contribution in [2.24, 2.45) is 0 Å². The number of aliphatic carboxylic acids is 1. The molecular weight excluding hydrogens is 360 g/mol. The van der Waals surface area contributed by atoms with Gasteiger partial charge in [-0.3, -0.25) is 0 Å². The van der Waals surface area contributed by atoms with Crippen LogP contribution in [0.3, 0.4) is 0 Å². The first kappa shape index (κ1) is 16.1. The number of urea groups is 1. The van der Waals surface area contributed by atoms with Gasteiger partial charge >= 0.3 is 12.0 Å². The van der Waals surface area contributed by atoms with Crippen molar-refractivity contribution in [2.75, 3.05) is 11.9 Å². The minimum atomic E-state index is -1.12. The van der Waals surface area contributed by atoms with Gasteiger partial charge in [0.1, 0.15) is 5.54 Å². The van der Waals surface area contributed by atoms with E-state index >= 15 is 0 Å². The number of nitrogens with zero attached hydrogens (tertiary/aromatic N) is 1. The van der Waals surface area contributed by atoms with Gasteiger partial charge in [0.05, 0.1) is 10.7 Å². The molecule has 1 unspecified atom stereocenters. The summed E-state index contributed by atoms with van der Waals surface area (Å²) in [6.07, 6.45) is 1.53. The first-order valence-electron chi connectivity index (χ1n) is 6.68. The number of likely N-dealkylation sites (tertiary alicyclic amines) is 1. The van der Waals surface area contributed by atoms with Crippen LogP contribution in [0.2, 0.25) is 5.02 Å². The van der Waals surface area contributed by atoms with E-state index in [1.165, 1.54) is 4.90 Å². The molecule has 0 radical (unpaired) electrons. The van der Waals surface area contributed by atoms with Gasteiger partial charge in [-0.15, -0.1) is 0 Å². The lowest BCUT2D eigenvalue weighted by molar-refractivity contribution is -0.148. The molecule has 21 heavy (non-hydrogen) atoms. The maximum absolute atomic E-state index is 12.4. The number of nitrogens with one attached hydrogen (secondary N) is 1. The maximum Gasteiger partial charge on any atom is 0.329 e. The van der Waals surface area contributed by atoms with Crippen molar-refractivity contribution in [3.63, 3.8) is 0 Å². The predicted molar refractivity (Wildman–Crippen MR) is 84.8 cm³/mol. The summed E-state index contributed by atoms with van der Waals surface area (Å²) >= 11 is 9.36. The van der Waals surface area contributed by atoms with Gasteiger partial charge in [-0.05, 0) is 37.5 Å². The van der Waals surface area contributed by atoms with Crippen LogP contribution in [0.15, 0.2) is 22.7 Å². The van der Waals surface area contributed by atoms with E-state index in [2.05, 4.69) is 21.2 Å². The number of carbonyl (C=O) groups is 2. The first-order chi connectivity index (χ1) is 9.90. The van der Waals surface area contributed by atoms with Crippen molar-refractivity contribution < 1.29 is 14.7 Å². The number of amides is 2. The van der Waals surface area contributed by atoms with E-state index in [-0.39, 0.29) is 0 Å². The summed E-state index contributed by atoms with van der Waals surface area (Å²) < 4.78 is 0.806. The molecule has 2 N–H and O–H groups in total. The summed E-state index contributed by atoms with van der Waals surface area (Å²) in [5, 5.41) is 12.6. The van der Waals surface area contributed by atoms with Crippen LogP contribution < -0.4 is 5.32 Å². The van der Waals surface area contributed by atoms with Crippen molar-refractivity contribution in [1.82, 2.24) is 4.90 Å². The SMILES string of the molecule is CCC1(C(=O)O)CCCN1C(=O)Nc1ccc(Br)cc1Cl. The Balaban J connectivity index is 2.21. The molecule has 2 amide bonds. The Morgan fingerprint density at radius 3 is 2.81 bits per heavy atom. The molecule has 0 aliphatic carbocycles. The average molecular weight is 376 g/mol. The van der Waals surface area contributed by atoms with Gasteiger partial charge in [-0.25, -0.2) is 9.59 Å². The number of benzene rings is 1. The van der Waals surface area contributed by atoms with E-state index in [1.807, 2.05) is 0 Å². The van der Waals surface area contributed by atoms with Crippen LogP contribution in [0, 0.1) is 0 Å². The second-order valence-corrected chi connectivity index (χ2v) is 6.32. The summed E-state index contributed by atoms with van der Waals surface area (Å²) in [5.74, 6) is -0.959. The Kier molecular flexibility index (Phi) is 4.78.